The molecule has 2 aliphatic heterocycles. The Bertz CT molecular complexity index is 1230. The molecule has 0 aliphatic carbocycles. The van der Waals surface area contributed by atoms with Crippen molar-refractivity contribution in [1.29, 1.82) is 5.26 Å². The second-order valence-electron chi connectivity index (χ2n) is 8.25. The molecule has 0 spiro atoms. The van der Waals surface area contributed by atoms with Crippen LogP contribution in [0.5, 0.6) is 0 Å². The quantitative estimate of drug-likeness (QED) is 0.604. The number of carbonyl (C=O) groups excluding carboxylic acids is 1. The van der Waals surface area contributed by atoms with E-state index in [-0.39, 0.29) is 5.91 Å². The molecule has 2 aliphatic rings. The predicted molar refractivity (Wildman–Crippen MR) is 127 cm³/mol. The topological polar surface area (TPSA) is 63.5 Å². The Morgan fingerprint density at radius 2 is 1.78 bits per heavy atom. The molecular weight excluding hydrogens is 398 g/mol. The van der Waals surface area contributed by atoms with Gasteiger partial charge in [0.25, 0.3) is 0 Å². The molecular formula is C26H25N5O. The third-order valence-corrected chi connectivity index (χ3v) is 6.55. The van der Waals surface area contributed by atoms with Crippen LogP contribution in [0.1, 0.15) is 16.7 Å². The Morgan fingerprint density at radius 3 is 2.56 bits per heavy atom. The van der Waals surface area contributed by atoms with E-state index in [1.807, 2.05) is 4.90 Å². The molecule has 0 N–H and O–H groups in total. The van der Waals surface area contributed by atoms with Crippen LogP contribution in [0, 0.1) is 11.3 Å². The molecule has 0 bridgehead atoms. The molecule has 0 saturated carbocycles. The lowest BCUT2D eigenvalue weighted by Crippen LogP contribution is -2.49. The van der Waals surface area contributed by atoms with E-state index in [2.05, 4.69) is 69.9 Å². The summed E-state index contributed by atoms with van der Waals surface area (Å²) in [6, 6.07) is 17.2. The third kappa shape index (κ3) is 3.46. The molecule has 0 radical (unpaired) electrons. The summed E-state index contributed by atoms with van der Waals surface area (Å²) < 4.78 is 0. The zero-order chi connectivity index (χ0) is 22.1. The Kier molecular flexibility index (Phi) is 5.24. The molecule has 1 amide bonds. The van der Waals surface area contributed by atoms with Crippen LogP contribution in [-0.4, -0.2) is 48.5 Å². The smallest absolute Gasteiger partial charge is 0.246 e. The maximum atomic E-state index is 11.9. The summed E-state index contributed by atoms with van der Waals surface area (Å²) in [5.74, 6) is 0.937. The highest BCUT2D eigenvalue weighted by Gasteiger charge is 2.28. The van der Waals surface area contributed by atoms with E-state index in [4.69, 9.17) is 0 Å². The van der Waals surface area contributed by atoms with Crippen LogP contribution in [0.2, 0.25) is 0 Å². The highest BCUT2D eigenvalue weighted by Crippen LogP contribution is 2.35. The number of hydrogen-bond acceptors (Lipinski definition) is 5. The Morgan fingerprint density at radius 1 is 1.00 bits per heavy atom. The predicted octanol–water partition coefficient (Wildman–Crippen LogP) is 3.50. The van der Waals surface area contributed by atoms with E-state index in [1.165, 1.54) is 28.1 Å². The number of amides is 1. The molecule has 0 atom stereocenters. The number of pyridine rings is 1. The number of aromatic nitrogens is 1. The van der Waals surface area contributed by atoms with Gasteiger partial charge in [0, 0.05) is 62.1 Å². The van der Waals surface area contributed by atoms with Crippen molar-refractivity contribution in [1.82, 2.24) is 9.88 Å². The summed E-state index contributed by atoms with van der Waals surface area (Å²) in [5, 5.41) is 12.2. The van der Waals surface area contributed by atoms with Crippen LogP contribution in [0.15, 0.2) is 61.3 Å². The number of benzene rings is 2. The van der Waals surface area contributed by atoms with Gasteiger partial charge in [-0.1, -0.05) is 43.0 Å². The largest absolute Gasteiger partial charge is 0.366 e. The first-order valence-corrected chi connectivity index (χ1v) is 11.0. The molecule has 6 nitrogen and oxygen atoms in total. The standard InChI is InChI=1S/C26H25N5O/c1-2-25(32)29-12-14-30(15-13-29)26-22-10-11-31(18-23(22)20(16-27)17-28-26)24-9-5-7-19-6-3-4-8-21(19)24/h2-9,17H,1,10-15,18H2. The second kappa shape index (κ2) is 8.35. The van der Waals surface area contributed by atoms with Gasteiger partial charge in [-0.15, -0.1) is 0 Å². The van der Waals surface area contributed by atoms with Gasteiger partial charge in [0.15, 0.2) is 0 Å². The van der Waals surface area contributed by atoms with Crippen molar-refractivity contribution >= 4 is 28.2 Å². The lowest BCUT2D eigenvalue weighted by Gasteiger charge is -2.38. The summed E-state index contributed by atoms with van der Waals surface area (Å²) >= 11 is 0. The first kappa shape index (κ1) is 20.1. The van der Waals surface area contributed by atoms with Crippen molar-refractivity contribution in [2.45, 2.75) is 13.0 Å². The van der Waals surface area contributed by atoms with Gasteiger partial charge in [-0.05, 0) is 29.5 Å². The van der Waals surface area contributed by atoms with E-state index >= 15 is 0 Å². The maximum Gasteiger partial charge on any atom is 0.246 e. The van der Waals surface area contributed by atoms with E-state index in [0.717, 1.165) is 37.4 Å². The molecule has 3 aromatic rings. The van der Waals surface area contributed by atoms with Crippen molar-refractivity contribution in [2.75, 3.05) is 42.5 Å². The Hall–Kier alpha value is -3.85. The van der Waals surface area contributed by atoms with Crippen LogP contribution in [0.4, 0.5) is 11.5 Å². The minimum absolute atomic E-state index is 0.0230. The van der Waals surface area contributed by atoms with Crippen LogP contribution in [-0.2, 0) is 17.8 Å². The maximum absolute atomic E-state index is 11.9. The second-order valence-corrected chi connectivity index (χ2v) is 8.25. The Balaban J connectivity index is 1.46. The van der Waals surface area contributed by atoms with Gasteiger partial charge < -0.3 is 14.7 Å². The van der Waals surface area contributed by atoms with Crippen LogP contribution in [0.3, 0.4) is 0 Å². The number of hydrogen-bond donors (Lipinski definition) is 0. The normalized spacial score (nSPS) is 15.9. The first-order valence-electron chi connectivity index (χ1n) is 11.0. The highest BCUT2D eigenvalue weighted by atomic mass is 16.2. The Labute approximate surface area is 188 Å². The third-order valence-electron chi connectivity index (χ3n) is 6.55. The molecule has 5 rings (SSSR count). The summed E-state index contributed by atoms with van der Waals surface area (Å²) in [4.78, 5) is 23.1. The minimum Gasteiger partial charge on any atom is -0.366 e. The van der Waals surface area contributed by atoms with Crippen molar-refractivity contribution in [3.63, 3.8) is 0 Å². The molecule has 2 aromatic carbocycles. The molecule has 3 heterocycles. The van der Waals surface area contributed by atoms with Crippen molar-refractivity contribution in [3.8, 4) is 6.07 Å². The molecule has 160 valence electrons. The first-order chi connectivity index (χ1) is 15.7. The summed E-state index contributed by atoms with van der Waals surface area (Å²) in [5.41, 5.74) is 4.09. The van der Waals surface area contributed by atoms with Crippen molar-refractivity contribution in [2.24, 2.45) is 0 Å². The van der Waals surface area contributed by atoms with Gasteiger partial charge in [-0.3, -0.25) is 4.79 Å². The lowest BCUT2D eigenvalue weighted by molar-refractivity contribution is -0.126. The van der Waals surface area contributed by atoms with Crippen molar-refractivity contribution in [3.05, 3.63) is 78.0 Å². The average molecular weight is 424 g/mol. The summed E-state index contributed by atoms with van der Waals surface area (Å²) in [7, 11) is 0. The summed E-state index contributed by atoms with van der Waals surface area (Å²) in [6.07, 6.45) is 3.92. The molecule has 32 heavy (non-hydrogen) atoms. The van der Waals surface area contributed by atoms with Gasteiger partial charge in [-0.2, -0.15) is 5.26 Å². The zero-order valence-electron chi connectivity index (χ0n) is 18.0. The number of carbonyl (C=O) groups is 1. The van der Waals surface area contributed by atoms with E-state index in [1.54, 1.807) is 6.20 Å². The fourth-order valence-corrected chi connectivity index (χ4v) is 4.87. The molecule has 1 saturated heterocycles. The fourth-order valence-electron chi connectivity index (χ4n) is 4.87. The number of piperazine rings is 1. The number of anilines is 2. The van der Waals surface area contributed by atoms with Crippen molar-refractivity contribution < 1.29 is 4.79 Å². The number of nitriles is 1. The number of fused-ring (bicyclic) bond motifs is 2. The fraction of sp³-hybridized carbons (Fsp3) is 0.269. The van der Waals surface area contributed by atoms with E-state index in [9.17, 15) is 10.1 Å². The average Bonchev–Trinajstić information content (AvgIpc) is 2.87. The van der Waals surface area contributed by atoms with E-state index < -0.39 is 0 Å². The lowest BCUT2D eigenvalue weighted by atomic mass is 9.95. The van der Waals surface area contributed by atoms with Gasteiger partial charge in [0.05, 0.1) is 5.56 Å². The monoisotopic (exact) mass is 423 g/mol. The molecule has 0 unspecified atom stereocenters. The van der Waals surface area contributed by atoms with E-state index in [0.29, 0.717) is 25.2 Å². The molecule has 1 fully saturated rings. The van der Waals surface area contributed by atoms with Gasteiger partial charge in [-0.25, -0.2) is 4.98 Å². The van der Waals surface area contributed by atoms with Crippen LogP contribution >= 0.6 is 0 Å². The number of rotatable bonds is 3. The SMILES string of the molecule is C=CC(=O)N1CCN(c2ncc(C#N)c3c2CCN(c2cccc4ccccc24)C3)CC1. The highest BCUT2D eigenvalue weighted by molar-refractivity contribution is 5.94. The van der Waals surface area contributed by atoms with Gasteiger partial charge in [0.2, 0.25) is 5.91 Å². The van der Waals surface area contributed by atoms with Gasteiger partial charge in [0.1, 0.15) is 11.9 Å². The summed E-state index contributed by atoms with van der Waals surface area (Å²) in [6.45, 7) is 7.93. The number of nitrogens with zero attached hydrogens (tertiary/aromatic N) is 5. The minimum atomic E-state index is -0.0230. The van der Waals surface area contributed by atoms with Gasteiger partial charge >= 0.3 is 0 Å². The molecule has 1 aromatic heterocycles. The van der Waals surface area contributed by atoms with Crippen LogP contribution < -0.4 is 9.80 Å². The zero-order valence-corrected chi connectivity index (χ0v) is 18.0. The molecule has 6 heteroatoms. The van der Waals surface area contributed by atoms with Crippen LogP contribution in [0.25, 0.3) is 10.8 Å².